The zero-order chi connectivity index (χ0) is 17.1. The average Bonchev–Trinajstić information content (AvgIpc) is 2.59. The molecule has 0 spiro atoms. The largest absolute Gasteiger partial charge is 0.311 e. The number of benzene rings is 2. The zero-order valence-corrected chi connectivity index (χ0v) is 13.5. The molecule has 2 amide bonds. The number of hydrogen-bond donors (Lipinski definition) is 0. The van der Waals surface area contributed by atoms with E-state index in [2.05, 4.69) is 0 Å². The van der Waals surface area contributed by atoms with Crippen LogP contribution in [0.2, 0.25) is 0 Å². The van der Waals surface area contributed by atoms with Crippen molar-refractivity contribution < 1.29 is 14.0 Å². The lowest BCUT2D eigenvalue weighted by Crippen LogP contribution is -2.44. The van der Waals surface area contributed by atoms with Crippen LogP contribution >= 0.6 is 0 Å². The number of nitrogens with zero attached hydrogens (tertiary/aromatic N) is 2. The molecular formula is C19H19FN2O2. The van der Waals surface area contributed by atoms with Gasteiger partial charge in [0.25, 0.3) is 0 Å². The molecule has 1 aliphatic heterocycles. The number of aryl methyl sites for hydroxylation is 1. The summed E-state index contributed by atoms with van der Waals surface area (Å²) in [5, 5.41) is 0. The number of hydrogen-bond acceptors (Lipinski definition) is 2. The fraction of sp³-hybridized carbons (Fsp3) is 0.263. The van der Waals surface area contributed by atoms with Crippen LogP contribution in [0, 0.1) is 5.82 Å². The van der Waals surface area contributed by atoms with Crippen LogP contribution in [0.5, 0.6) is 0 Å². The molecule has 0 aliphatic carbocycles. The minimum Gasteiger partial charge on any atom is -0.311 e. The van der Waals surface area contributed by atoms with E-state index >= 15 is 0 Å². The van der Waals surface area contributed by atoms with E-state index < -0.39 is 5.82 Å². The lowest BCUT2D eigenvalue weighted by atomic mass is 10.0. The molecule has 0 atom stereocenters. The second-order valence-corrected chi connectivity index (χ2v) is 5.83. The Hall–Kier alpha value is -2.69. The third kappa shape index (κ3) is 3.15. The van der Waals surface area contributed by atoms with E-state index in [1.807, 2.05) is 24.3 Å². The maximum absolute atomic E-state index is 14.0. The van der Waals surface area contributed by atoms with Crippen LogP contribution in [-0.4, -0.2) is 24.9 Å². The zero-order valence-electron chi connectivity index (χ0n) is 13.5. The highest BCUT2D eigenvalue weighted by Gasteiger charge is 2.26. The Bertz CT molecular complexity index is 775. The molecule has 1 aliphatic rings. The summed E-state index contributed by atoms with van der Waals surface area (Å²) in [7, 11) is 0. The first-order valence-corrected chi connectivity index (χ1v) is 7.99. The molecule has 24 heavy (non-hydrogen) atoms. The minimum absolute atomic E-state index is 0.128. The molecule has 0 saturated carbocycles. The van der Waals surface area contributed by atoms with Crippen molar-refractivity contribution in [2.75, 3.05) is 22.9 Å². The monoisotopic (exact) mass is 326 g/mol. The van der Waals surface area contributed by atoms with Gasteiger partial charge in [-0.15, -0.1) is 0 Å². The summed E-state index contributed by atoms with van der Waals surface area (Å²) in [6.07, 6.45) is 1.81. The van der Waals surface area contributed by atoms with Gasteiger partial charge in [-0.1, -0.05) is 30.3 Å². The molecule has 0 N–H and O–H groups in total. The third-order valence-corrected chi connectivity index (χ3v) is 4.23. The fourth-order valence-electron chi connectivity index (χ4n) is 3.05. The number of carbonyl (C=O) groups is 2. The maximum Gasteiger partial charge on any atom is 0.247 e. The molecule has 0 radical (unpaired) electrons. The highest BCUT2D eigenvalue weighted by molar-refractivity contribution is 6.03. The van der Waals surface area contributed by atoms with Gasteiger partial charge < -0.3 is 9.80 Å². The lowest BCUT2D eigenvalue weighted by molar-refractivity contribution is -0.121. The Morgan fingerprint density at radius 2 is 1.83 bits per heavy atom. The quantitative estimate of drug-likeness (QED) is 0.869. The molecule has 0 unspecified atom stereocenters. The van der Waals surface area contributed by atoms with Gasteiger partial charge in [0.1, 0.15) is 12.4 Å². The Balaban J connectivity index is 1.86. The number of para-hydroxylation sites is 2. The highest BCUT2D eigenvalue weighted by atomic mass is 19.1. The summed E-state index contributed by atoms with van der Waals surface area (Å²) in [6.45, 7) is 1.77. The molecule has 0 saturated heterocycles. The molecule has 2 aromatic rings. The number of anilines is 2. The van der Waals surface area contributed by atoms with Crippen molar-refractivity contribution in [2.45, 2.75) is 19.8 Å². The molecule has 1 heterocycles. The summed E-state index contributed by atoms with van der Waals surface area (Å²) in [4.78, 5) is 27.6. The molecule has 3 rings (SSSR count). The highest BCUT2D eigenvalue weighted by Crippen LogP contribution is 2.27. The first-order chi connectivity index (χ1) is 11.6. The minimum atomic E-state index is -0.514. The van der Waals surface area contributed by atoms with Crippen molar-refractivity contribution in [3.63, 3.8) is 0 Å². The fourth-order valence-corrected chi connectivity index (χ4v) is 3.05. The van der Waals surface area contributed by atoms with E-state index in [-0.39, 0.29) is 24.0 Å². The predicted octanol–water partition coefficient (Wildman–Crippen LogP) is 3.16. The summed E-state index contributed by atoms with van der Waals surface area (Å²) >= 11 is 0. The first-order valence-electron chi connectivity index (χ1n) is 7.99. The van der Waals surface area contributed by atoms with Crippen molar-refractivity contribution in [3.05, 3.63) is 59.9 Å². The van der Waals surface area contributed by atoms with Gasteiger partial charge in [0, 0.05) is 19.2 Å². The average molecular weight is 326 g/mol. The Labute approximate surface area is 140 Å². The van der Waals surface area contributed by atoms with E-state index in [0.29, 0.717) is 6.54 Å². The van der Waals surface area contributed by atoms with Crippen LogP contribution in [0.3, 0.4) is 0 Å². The van der Waals surface area contributed by atoms with Crippen LogP contribution in [-0.2, 0) is 16.0 Å². The number of rotatable bonds is 3. The second kappa shape index (κ2) is 6.83. The molecule has 124 valence electrons. The number of fused-ring (bicyclic) bond motifs is 1. The van der Waals surface area contributed by atoms with Crippen molar-refractivity contribution in [1.29, 1.82) is 0 Å². The van der Waals surface area contributed by atoms with Crippen molar-refractivity contribution in [3.8, 4) is 0 Å². The van der Waals surface area contributed by atoms with Crippen LogP contribution in [0.15, 0.2) is 48.5 Å². The number of halogens is 1. The molecule has 0 aromatic heterocycles. The van der Waals surface area contributed by atoms with E-state index in [4.69, 9.17) is 0 Å². The van der Waals surface area contributed by atoms with Crippen molar-refractivity contribution >= 4 is 23.2 Å². The standard InChI is InChI=1S/C19H19FN2O2/c1-14(23)22(18-11-5-3-9-16(18)20)13-19(24)21-12-6-8-15-7-2-4-10-17(15)21/h2-5,7,9-11H,6,8,12-13H2,1H3. The lowest BCUT2D eigenvalue weighted by Gasteiger charge is -2.31. The van der Waals surface area contributed by atoms with Gasteiger partial charge in [0.15, 0.2) is 0 Å². The predicted molar refractivity (Wildman–Crippen MR) is 91.5 cm³/mol. The van der Waals surface area contributed by atoms with Crippen LogP contribution < -0.4 is 9.80 Å². The molecule has 0 bridgehead atoms. The van der Waals surface area contributed by atoms with E-state index in [0.717, 1.165) is 24.1 Å². The van der Waals surface area contributed by atoms with E-state index in [9.17, 15) is 14.0 Å². The van der Waals surface area contributed by atoms with Gasteiger partial charge in [0.2, 0.25) is 11.8 Å². The molecule has 0 fully saturated rings. The Morgan fingerprint density at radius 3 is 2.58 bits per heavy atom. The molecular weight excluding hydrogens is 307 g/mol. The number of amides is 2. The van der Waals surface area contributed by atoms with Crippen LogP contribution in [0.4, 0.5) is 15.8 Å². The van der Waals surface area contributed by atoms with Gasteiger partial charge >= 0.3 is 0 Å². The van der Waals surface area contributed by atoms with Crippen LogP contribution in [0.25, 0.3) is 0 Å². The van der Waals surface area contributed by atoms with Gasteiger partial charge in [0.05, 0.1) is 5.69 Å². The SMILES string of the molecule is CC(=O)N(CC(=O)N1CCCc2ccccc21)c1ccccc1F. The molecule has 5 heteroatoms. The molecule has 2 aromatic carbocycles. The first kappa shape index (κ1) is 16.2. The van der Waals surface area contributed by atoms with E-state index in [1.54, 1.807) is 17.0 Å². The van der Waals surface area contributed by atoms with Gasteiger partial charge in [-0.2, -0.15) is 0 Å². The van der Waals surface area contributed by atoms with Crippen molar-refractivity contribution in [1.82, 2.24) is 0 Å². The second-order valence-electron chi connectivity index (χ2n) is 5.83. The third-order valence-electron chi connectivity index (χ3n) is 4.23. The normalized spacial score (nSPS) is 13.3. The Kier molecular flexibility index (Phi) is 4.60. The van der Waals surface area contributed by atoms with Crippen LogP contribution in [0.1, 0.15) is 18.9 Å². The summed E-state index contributed by atoms with van der Waals surface area (Å²) in [5.41, 5.74) is 2.13. The smallest absolute Gasteiger partial charge is 0.247 e. The van der Waals surface area contributed by atoms with Gasteiger partial charge in [-0.3, -0.25) is 9.59 Å². The number of carbonyl (C=O) groups excluding carboxylic acids is 2. The Morgan fingerprint density at radius 1 is 1.12 bits per heavy atom. The maximum atomic E-state index is 14.0. The molecule has 4 nitrogen and oxygen atoms in total. The topological polar surface area (TPSA) is 40.6 Å². The summed E-state index contributed by atoms with van der Waals surface area (Å²) in [5.74, 6) is -1.08. The van der Waals surface area contributed by atoms with Gasteiger partial charge in [-0.05, 0) is 36.6 Å². The van der Waals surface area contributed by atoms with E-state index in [1.165, 1.54) is 24.0 Å². The summed E-state index contributed by atoms with van der Waals surface area (Å²) < 4.78 is 14.0. The summed E-state index contributed by atoms with van der Waals surface area (Å²) in [6, 6.07) is 13.8. The van der Waals surface area contributed by atoms with Crippen molar-refractivity contribution in [2.24, 2.45) is 0 Å². The van der Waals surface area contributed by atoms with Gasteiger partial charge in [-0.25, -0.2) is 4.39 Å².